The molecule has 0 unspecified atom stereocenters. The molecule has 1 aromatic heterocycles. The summed E-state index contributed by atoms with van der Waals surface area (Å²) in [5.74, 6) is 1.72. The number of fused-ring (bicyclic) bond motifs is 1. The van der Waals surface area contributed by atoms with Crippen LogP contribution in [0.3, 0.4) is 0 Å². The van der Waals surface area contributed by atoms with Crippen LogP contribution in [0.4, 0.5) is 0 Å². The van der Waals surface area contributed by atoms with Crippen LogP contribution in [-0.2, 0) is 17.9 Å². The summed E-state index contributed by atoms with van der Waals surface area (Å²) in [5, 5.41) is 0. The highest BCUT2D eigenvalue weighted by atomic mass is 35.5. The minimum atomic E-state index is 0. The second-order valence-corrected chi connectivity index (χ2v) is 5.81. The number of carbonyl (C=O) groups excluding carboxylic acids is 1. The summed E-state index contributed by atoms with van der Waals surface area (Å²) in [6, 6.07) is 2.05. The first-order valence-corrected chi connectivity index (χ1v) is 7.02. The Hall–Kier alpha value is -1.29. The van der Waals surface area contributed by atoms with E-state index in [1.165, 1.54) is 6.42 Å². The summed E-state index contributed by atoms with van der Waals surface area (Å²) in [5.41, 5.74) is 2.13. The van der Waals surface area contributed by atoms with E-state index in [1.54, 1.807) is 18.0 Å². The van der Waals surface area contributed by atoms with Gasteiger partial charge in [0.15, 0.2) is 0 Å². The summed E-state index contributed by atoms with van der Waals surface area (Å²) in [7, 11) is 0. The SMILES string of the molecule is CC(=O)N1Cc2cc(O[C@H]3CC[C@@H](C)C3)cnc2C1.Cl. The Balaban J connectivity index is 0.00000147. The molecular weight excluding hydrogens is 276 g/mol. The zero-order chi connectivity index (χ0) is 13.4. The fraction of sp³-hybridized carbons (Fsp3) is 0.600. The molecule has 2 heterocycles. The fourth-order valence-electron chi connectivity index (χ4n) is 2.98. The number of nitrogens with zero attached hydrogens (tertiary/aromatic N) is 2. The molecule has 0 saturated heterocycles. The predicted octanol–water partition coefficient (Wildman–Crippen LogP) is 2.93. The summed E-state index contributed by atoms with van der Waals surface area (Å²) in [4.78, 5) is 17.6. The average molecular weight is 297 g/mol. The molecule has 0 spiro atoms. The normalized spacial score (nSPS) is 24.2. The van der Waals surface area contributed by atoms with E-state index in [-0.39, 0.29) is 18.3 Å². The van der Waals surface area contributed by atoms with Gasteiger partial charge in [-0.2, -0.15) is 0 Å². The van der Waals surface area contributed by atoms with Gasteiger partial charge in [-0.3, -0.25) is 9.78 Å². The molecule has 1 amide bonds. The van der Waals surface area contributed by atoms with E-state index in [0.29, 0.717) is 19.2 Å². The van der Waals surface area contributed by atoms with Gasteiger partial charge < -0.3 is 9.64 Å². The van der Waals surface area contributed by atoms with Crippen LogP contribution in [0.5, 0.6) is 5.75 Å². The Morgan fingerprint density at radius 1 is 1.40 bits per heavy atom. The molecule has 2 aliphatic rings. The molecule has 0 radical (unpaired) electrons. The van der Waals surface area contributed by atoms with Gasteiger partial charge in [0, 0.05) is 13.5 Å². The zero-order valence-corrected chi connectivity index (χ0v) is 12.8. The molecular formula is C15H21ClN2O2. The average Bonchev–Trinajstić information content (AvgIpc) is 2.95. The van der Waals surface area contributed by atoms with Gasteiger partial charge >= 0.3 is 0 Å². The number of amides is 1. The van der Waals surface area contributed by atoms with E-state index in [0.717, 1.165) is 35.8 Å². The minimum Gasteiger partial charge on any atom is -0.489 e. The number of rotatable bonds is 2. The number of hydrogen-bond donors (Lipinski definition) is 0. The number of pyridine rings is 1. The Labute approximate surface area is 125 Å². The van der Waals surface area contributed by atoms with Crippen molar-refractivity contribution in [2.75, 3.05) is 0 Å². The van der Waals surface area contributed by atoms with Crippen molar-refractivity contribution in [2.45, 2.75) is 52.3 Å². The van der Waals surface area contributed by atoms with Crippen molar-refractivity contribution >= 4 is 18.3 Å². The lowest BCUT2D eigenvalue weighted by Gasteiger charge is -2.13. The van der Waals surface area contributed by atoms with Gasteiger partial charge in [0.2, 0.25) is 5.91 Å². The Bertz CT molecular complexity index is 507. The number of ether oxygens (including phenoxy) is 1. The molecule has 1 aliphatic heterocycles. The maximum absolute atomic E-state index is 11.4. The summed E-state index contributed by atoms with van der Waals surface area (Å²) < 4.78 is 6.00. The lowest BCUT2D eigenvalue weighted by atomic mass is 10.1. The van der Waals surface area contributed by atoms with Crippen molar-refractivity contribution in [1.29, 1.82) is 0 Å². The third kappa shape index (κ3) is 3.06. The number of carbonyl (C=O) groups is 1. The summed E-state index contributed by atoms with van der Waals surface area (Å²) in [6.45, 7) is 5.17. The molecule has 5 heteroatoms. The molecule has 0 N–H and O–H groups in total. The highest BCUT2D eigenvalue weighted by Crippen LogP contribution is 2.30. The topological polar surface area (TPSA) is 42.4 Å². The first-order valence-electron chi connectivity index (χ1n) is 7.02. The van der Waals surface area contributed by atoms with Crippen LogP contribution in [0, 0.1) is 5.92 Å². The van der Waals surface area contributed by atoms with Crippen molar-refractivity contribution in [2.24, 2.45) is 5.92 Å². The van der Waals surface area contributed by atoms with Crippen molar-refractivity contribution in [1.82, 2.24) is 9.88 Å². The molecule has 4 nitrogen and oxygen atoms in total. The van der Waals surface area contributed by atoms with Crippen molar-refractivity contribution in [3.8, 4) is 5.75 Å². The molecule has 0 bridgehead atoms. The van der Waals surface area contributed by atoms with Crippen LogP contribution in [0.1, 0.15) is 44.4 Å². The molecule has 20 heavy (non-hydrogen) atoms. The Morgan fingerprint density at radius 2 is 2.20 bits per heavy atom. The first kappa shape index (κ1) is 15.1. The van der Waals surface area contributed by atoms with Crippen LogP contribution in [-0.4, -0.2) is 21.9 Å². The summed E-state index contributed by atoms with van der Waals surface area (Å²) in [6.07, 6.45) is 5.65. The monoisotopic (exact) mass is 296 g/mol. The predicted molar refractivity (Wildman–Crippen MR) is 78.8 cm³/mol. The molecule has 1 aliphatic carbocycles. The Kier molecular flexibility index (Phi) is 4.53. The zero-order valence-electron chi connectivity index (χ0n) is 12.0. The second kappa shape index (κ2) is 6.00. The van der Waals surface area contributed by atoms with Crippen molar-refractivity contribution in [3.63, 3.8) is 0 Å². The lowest BCUT2D eigenvalue weighted by Crippen LogP contribution is -2.21. The van der Waals surface area contributed by atoms with E-state index in [2.05, 4.69) is 11.9 Å². The third-order valence-corrected chi connectivity index (χ3v) is 4.13. The largest absolute Gasteiger partial charge is 0.489 e. The van der Waals surface area contributed by atoms with Crippen LogP contribution >= 0.6 is 12.4 Å². The van der Waals surface area contributed by atoms with Crippen molar-refractivity contribution in [3.05, 3.63) is 23.5 Å². The Morgan fingerprint density at radius 3 is 2.85 bits per heavy atom. The van der Waals surface area contributed by atoms with Crippen molar-refractivity contribution < 1.29 is 9.53 Å². The minimum absolute atomic E-state index is 0. The van der Waals surface area contributed by atoms with Crippen LogP contribution in [0.15, 0.2) is 12.3 Å². The quantitative estimate of drug-likeness (QED) is 0.843. The van der Waals surface area contributed by atoms with Crippen LogP contribution in [0.2, 0.25) is 0 Å². The van der Waals surface area contributed by atoms with E-state index < -0.39 is 0 Å². The second-order valence-electron chi connectivity index (χ2n) is 5.81. The van der Waals surface area contributed by atoms with Gasteiger partial charge in [-0.05, 0) is 36.8 Å². The first-order chi connectivity index (χ1) is 9.11. The number of aromatic nitrogens is 1. The van der Waals surface area contributed by atoms with Gasteiger partial charge in [0.1, 0.15) is 5.75 Å². The molecule has 3 rings (SSSR count). The molecule has 110 valence electrons. The smallest absolute Gasteiger partial charge is 0.220 e. The van der Waals surface area contributed by atoms with E-state index in [1.807, 2.05) is 6.07 Å². The number of hydrogen-bond acceptors (Lipinski definition) is 3. The van der Waals surface area contributed by atoms with E-state index >= 15 is 0 Å². The highest BCUT2D eigenvalue weighted by molar-refractivity contribution is 5.85. The van der Waals surface area contributed by atoms with Gasteiger partial charge in [0.05, 0.1) is 24.5 Å². The van der Waals surface area contributed by atoms with Crippen LogP contribution < -0.4 is 4.74 Å². The van der Waals surface area contributed by atoms with E-state index in [9.17, 15) is 4.79 Å². The van der Waals surface area contributed by atoms with Gasteiger partial charge in [-0.1, -0.05) is 6.92 Å². The fourth-order valence-corrected chi connectivity index (χ4v) is 2.98. The van der Waals surface area contributed by atoms with Gasteiger partial charge in [-0.15, -0.1) is 12.4 Å². The molecule has 1 saturated carbocycles. The van der Waals surface area contributed by atoms with E-state index in [4.69, 9.17) is 4.74 Å². The van der Waals surface area contributed by atoms with Gasteiger partial charge in [-0.25, -0.2) is 0 Å². The maximum Gasteiger partial charge on any atom is 0.220 e. The highest BCUT2D eigenvalue weighted by Gasteiger charge is 2.25. The molecule has 0 aromatic carbocycles. The number of halogens is 1. The molecule has 1 aromatic rings. The third-order valence-electron chi connectivity index (χ3n) is 4.13. The molecule has 1 fully saturated rings. The maximum atomic E-state index is 11.4. The summed E-state index contributed by atoms with van der Waals surface area (Å²) >= 11 is 0. The van der Waals surface area contributed by atoms with Crippen LogP contribution in [0.25, 0.3) is 0 Å². The standard InChI is InChI=1S/C15H20N2O2.ClH/c1-10-3-4-13(5-10)19-14-6-12-8-17(11(2)18)9-15(12)16-7-14;/h6-7,10,13H,3-5,8-9H2,1-2H3;1H/t10-,13+;/m1./s1. The van der Waals surface area contributed by atoms with Gasteiger partial charge in [0.25, 0.3) is 0 Å². The molecule has 2 atom stereocenters. The lowest BCUT2D eigenvalue weighted by molar-refractivity contribution is -0.129.